The summed E-state index contributed by atoms with van der Waals surface area (Å²) >= 11 is 0. The highest BCUT2D eigenvalue weighted by Gasteiger charge is 2.60. The van der Waals surface area contributed by atoms with Gasteiger partial charge in [-0.2, -0.15) is 0 Å². The lowest BCUT2D eigenvalue weighted by Gasteiger charge is -2.39. The van der Waals surface area contributed by atoms with E-state index >= 15 is 0 Å². The van der Waals surface area contributed by atoms with Crippen molar-refractivity contribution in [2.45, 2.75) is 59.4 Å². The van der Waals surface area contributed by atoms with Crippen LogP contribution in [0.15, 0.2) is 0 Å². The summed E-state index contributed by atoms with van der Waals surface area (Å²) < 4.78 is 4.96. The highest BCUT2D eigenvalue weighted by atomic mass is 16.5. The van der Waals surface area contributed by atoms with Crippen LogP contribution in [0, 0.1) is 16.7 Å². The molecule has 3 atom stereocenters. The van der Waals surface area contributed by atoms with Crippen molar-refractivity contribution in [3.8, 4) is 0 Å². The van der Waals surface area contributed by atoms with Gasteiger partial charge in [0, 0.05) is 12.6 Å². The van der Waals surface area contributed by atoms with Gasteiger partial charge >= 0.3 is 5.97 Å². The summed E-state index contributed by atoms with van der Waals surface area (Å²) in [6.07, 6.45) is 4.46. The van der Waals surface area contributed by atoms with E-state index in [9.17, 15) is 4.79 Å². The highest BCUT2D eigenvalue weighted by molar-refractivity contribution is 5.69. The maximum Gasteiger partial charge on any atom is 0.307 e. The summed E-state index contributed by atoms with van der Waals surface area (Å²) in [6, 6.07) is 0.570. The van der Waals surface area contributed by atoms with Crippen LogP contribution in [-0.4, -0.2) is 25.2 Å². The molecule has 0 amide bonds. The van der Waals surface area contributed by atoms with Crippen molar-refractivity contribution in [2.75, 3.05) is 13.2 Å². The molecule has 2 bridgehead atoms. The SMILES string of the molecule is CCOC(=O)CCNC1CC2CCC1(C)C2(C)C. The normalized spacial score (nSPS) is 36.9. The molecule has 2 fully saturated rings. The Morgan fingerprint density at radius 2 is 2.11 bits per heavy atom. The highest BCUT2D eigenvalue weighted by Crippen LogP contribution is 2.65. The van der Waals surface area contributed by atoms with Crippen molar-refractivity contribution in [3.63, 3.8) is 0 Å². The Hall–Kier alpha value is -0.570. The Kier molecular flexibility index (Phi) is 3.72. The van der Waals surface area contributed by atoms with Crippen LogP contribution >= 0.6 is 0 Å². The van der Waals surface area contributed by atoms with Crippen molar-refractivity contribution in [3.05, 3.63) is 0 Å². The monoisotopic (exact) mass is 253 g/mol. The molecule has 3 nitrogen and oxygen atoms in total. The lowest BCUT2D eigenvalue weighted by Crippen LogP contribution is -2.45. The van der Waals surface area contributed by atoms with Gasteiger partial charge in [0.2, 0.25) is 0 Å². The predicted molar refractivity (Wildman–Crippen MR) is 72.3 cm³/mol. The summed E-state index contributed by atoms with van der Waals surface area (Å²) in [5.41, 5.74) is 0.834. The first-order valence-electron chi connectivity index (χ1n) is 7.31. The fourth-order valence-corrected chi connectivity index (χ4v) is 4.09. The third kappa shape index (κ3) is 2.07. The van der Waals surface area contributed by atoms with Gasteiger partial charge in [0.25, 0.3) is 0 Å². The summed E-state index contributed by atoms with van der Waals surface area (Å²) in [4.78, 5) is 11.3. The number of carbonyl (C=O) groups is 1. The summed E-state index contributed by atoms with van der Waals surface area (Å²) in [6.45, 7) is 10.3. The Balaban J connectivity index is 1.84. The van der Waals surface area contributed by atoms with E-state index in [1.54, 1.807) is 0 Å². The molecule has 0 spiro atoms. The van der Waals surface area contributed by atoms with E-state index in [0.29, 0.717) is 29.9 Å². The number of ether oxygens (including phenoxy) is 1. The van der Waals surface area contributed by atoms with Crippen molar-refractivity contribution < 1.29 is 9.53 Å². The van der Waals surface area contributed by atoms with Gasteiger partial charge in [-0.1, -0.05) is 20.8 Å². The first-order chi connectivity index (χ1) is 8.41. The zero-order valence-corrected chi connectivity index (χ0v) is 12.2. The topological polar surface area (TPSA) is 38.3 Å². The van der Waals surface area contributed by atoms with E-state index in [-0.39, 0.29) is 5.97 Å². The number of hydrogen-bond donors (Lipinski definition) is 1. The Labute approximate surface area is 111 Å². The lowest BCUT2D eigenvalue weighted by molar-refractivity contribution is -0.143. The summed E-state index contributed by atoms with van der Waals surface area (Å²) in [5.74, 6) is 0.764. The number of carbonyl (C=O) groups excluding carboxylic acids is 1. The third-order valence-electron chi connectivity index (χ3n) is 5.82. The maximum atomic E-state index is 11.3. The first kappa shape index (κ1) is 13.9. The van der Waals surface area contributed by atoms with E-state index in [1.807, 2.05) is 6.92 Å². The zero-order valence-electron chi connectivity index (χ0n) is 12.2. The molecule has 0 aliphatic heterocycles. The first-order valence-corrected chi connectivity index (χ1v) is 7.31. The van der Waals surface area contributed by atoms with Gasteiger partial charge in [-0.25, -0.2) is 0 Å². The van der Waals surface area contributed by atoms with E-state index < -0.39 is 0 Å². The molecule has 0 aromatic rings. The zero-order chi connectivity index (χ0) is 13.4. The van der Waals surface area contributed by atoms with Gasteiger partial charge in [-0.15, -0.1) is 0 Å². The average Bonchev–Trinajstić information content (AvgIpc) is 2.62. The molecule has 2 rings (SSSR count). The van der Waals surface area contributed by atoms with E-state index in [0.717, 1.165) is 12.5 Å². The van der Waals surface area contributed by atoms with Crippen LogP contribution in [0.5, 0.6) is 0 Å². The molecule has 2 aliphatic carbocycles. The van der Waals surface area contributed by atoms with Crippen LogP contribution in [-0.2, 0) is 9.53 Å². The number of rotatable bonds is 5. The van der Waals surface area contributed by atoms with Gasteiger partial charge < -0.3 is 10.1 Å². The Morgan fingerprint density at radius 1 is 1.39 bits per heavy atom. The maximum absolute atomic E-state index is 11.3. The Morgan fingerprint density at radius 3 is 2.61 bits per heavy atom. The van der Waals surface area contributed by atoms with Crippen LogP contribution in [0.25, 0.3) is 0 Å². The van der Waals surface area contributed by atoms with Crippen molar-refractivity contribution >= 4 is 5.97 Å². The molecule has 0 aromatic heterocycles. The van der Waals surface area contributed by atoms with Gasteiger partial charge in [0.1, 0.15) is 0 Å². The minimum Gasteiger partial charge on any atom is -0.466 e. The summed E-state index contributed by atoms with van der Waals surface area (Å²) in [7, 11) is 0. The van der Waals surface area contributed by atoms with Crippen LogP contribution in [0.3, 0.4) is 0 Å². The second kappa shape index (κ2) is 4.84. The molecule has 18 heavy (non-hydrogen) atoms. The molecule has 0 aromatic carbocycles. The number of nitrogens with one attached hydrogen (secondary N) is 1. The van der Waals surface area contributed by atoms with Gasteiger partial charge in [-0.3, -0.25) is 4.79 Å². The van der Waals surface area contributed by atoms with Crippen molar-refractivity contribution in [1.29, 1.82) is 0 Å². The van der Waals surface area contributed by atoms with Gasteiger partial charge in [-0.05, 0) is 42.9 Å². The summed E-state index contributed by atoms with van der Waals surface area (Å²) in [5, 5.41) is 3.60. The van der Waals surface area contributed by atoms with E-state index in [1.165, 1.54) is 19.3 Å². The number of esters is 1. The lowest BCUT2D eigenvalue weighted by atomic mass is 9.69. The molecule has 104 valence electrons. The minimum absolute atomic E-state index is 0.0856. The number of hydrogen-bond acceptors (Lipinski definition) is 3. The van der Waals surface area contributed by atoms with Crippen LogP contribution in [0.1, 0.15) is 53.4 Å². The second-order valence-electron chi connectivity index (χ2n) is 6.67. The van der Waals surface area contributed by atoms with Crippen molar-refractivity contribution in [1.82, 2.24) is 5.32 Å². The van der Waals surface area contributed by atoms with E-state index in [4.69, 9.17) is 4.74 Å². The van der Waals surface area contributed by atoms with Crippen LogP contribution < -0.4 is 5.32 Å². The molecule has 1 N–H and O–H groups in total. The molecule has 0 saturated heterocycles. The molecular formula is C15H27NO2. The van der Waals surface area contributed by atoms with E-state index in [2.05, 4.69) is 26.1 Å². The molecule has 2 aliphatic rings. The molecule has 0 radical (unpaired) electrons. The second-order valence-corrected chi connectivity index (χ2v) is 6.67. The largest absolute Gasteiger partial charge is 0.466 e. The molecule has 3 heteroatoms. The average molecular weight is 253 g/mol. The van der Waals surface area contributed by atoms with Crippen LogP contribution in [0.2, 0.25) is 0 Å². The standard InChI is InChI=1S/C15H27NO2/c1-5-18-13(17)7-9-16-12-10-11-6-8-15(12,4)14(11,2)3/h11-12,16H,5-10H2,1-4H3. The fourth-order valence-electron chi connectivity index (χ4n) is 4.09. The quantitative estimate of drug-likeness (QED) is 0.766. The molecule has 2 saturated carbocycles. The third-order valence-corrected chi connectivity index (χ3v) is 5.82. The van der Waals surface area contributed by atoms with Crippen LogP contribution in [0.4, 0.5) is 0 Å². The number of fused-ring (bicyclic) bond motifs is 2. The minimum atomic E-state index is -0.0856. The predicted octanol–water partition coefficient (Wildman–Crippen LogP) is 2.74. The van der Waals surface area contributed by atoms with Crippen molar-refractivity contribution in [2.24, 2.45) is 16.7 Å². The smallest absolute Gasteiger partial charge is 0.307 e. The van der Waals surface area contributed by atoms with Gasteiger partial charge in [0.15, 0.2) is 0 Å². The van der Waals surface area contributed by atoms with Gasteiger partial charge in [0.05, 0.1) is 13.0 Å². The molecule has 3 unspecified atom stereocenters. The fraction of sp³-hybridized carbons (Fsp3) is 0.933. The molecule has 0 heterocycles. The Bertz CT molecular complexity index is 326. The molecular weight excluding hydrogens is 226 g/mol.